The van der Waals surface area contributed by atoms with Gasteiger partial charge in [-0.25, -0.2) is 19.8 Å². The van der Waals surface area contributed by atoms with E-state index in [4.69, 9.17) is 46.7 Å². The van der Waals surface area contributed by atoms with Crippen molar-refractivity contribution in [3.05, 3.63) is 177 Å². The lowest BCUT2D eigenvalue weighted by molar-refractivity contribution is 0.0957. The number of carbonyl (C=O) groups excluding carboxylic acids is 2. The van der Waals surface area contributed by atoms with Gasteiger partial charge in [-0.15, -0.1) is 90.7 Å². The molecule has 0 radical (unpaired) electrons. The molecule has 12 aromatic rings. The minimum atomic E-state index is -0.866. The lowest BCUT2D eigenvalue weighted by atomic mass is 9.84. The topological polar surface area (TPSA) is 235 Å². The molecular weight excluding hydrogens is 1420 g/mol. The molecule has 464 valence electrons. The molecule has 0 saturated carbocycles. The van der Waals surface area contributed by atoms with E-state index in [0.717, 1.165) is 77.1 Å². The lowest BCUT2D eigenvalue weighted by Crippen LogP contribution is -2.13. The van der Waals surface area contributed by atoms with Crippen molar-refractivity contribution in [3.8, 4) is 102 Å². The Morgan fingerprint density at radius 3 is 1.65 bits per heavy atom. The molecule has 0 spiro atoms. The van der Waals surface area contributed by atoms with E-state index in [1.54, 1.807) is 88.3 Å². The van der Waals surface area contributed by atoms with Gasteiger partial charge in [0.15, 0.2) is 11.6 Å². The molecule has 1 aliphatic heterocycles. The van der Waals surface area contributed by atoms with Crippen molar-refractivity contribution < 1.29 is 19.1 Å². The first-order valence-corrected chi connectivity index (χ1v) is 37.4. The van der Waals surface area contributed by atoms with Crippen molar-refractivity contribution in [2.45, 2.75) is 44.9 Å². The second-order valence-corrected chi connectivity index (χ2v) is 33.8. The minimum Gasteiger partial charge on any atom is -0.495 e. The van der Waals surface area contributed by atoms with Crippen LogP contribution in [0.4, 0.5) is 22.7 Å². The second kappa shape index (κ2) is 22.0. The summed E-state index contributed by atoms with van der Waals surface area (Å²) in [5.41, 5.74) is 10.4. The van der Waals surface area contributed by atoms with Gasteiger partial charge in [0.2, 0.25) is 11.4 Å². The number of rotatable bonds is 9. The number of hydrogen-bond donors (Lipinski definition) is 0. The summed E-state index contributed by atoms with van der Waals surface area (Å²) < 4.78 is 36.8. The van der Waals surface area contributed by atoms with Gasteiger partial charge in [-0.3, -0.25) is 9.59 Å². The van der Waals surface area contributed by atoms with Gasteiger partial charge in [0.1, 0.15) is 51.6 Å². The van der Waals surface area contributed by atoms with Crippen LogP contribution in [0.25, 0.3) is 121 Å². The van der Waals surface area contributed by atoms with Gasteiger partial charge in [0, 0.05) is 98.6 Å². The number of fused-ring (bicyclic) bond motifs is 14. The molecule has 0 N–H and O–H groups in total. The third-order valence-corrected chi connectivity index (χ3v) is 29.7. The molecule has 0 saturated heterocycles. The van der Waals surface area contributed by atoms with Crippen molar-refractivity contribution in [2.75, 3.05) is 14.2 Å². The van der Waals surface area contributed by atoms with Crippen LogP contribution in [0.1, 0.15) is 103 Å². The summed E-state index contributed by atoms with van der Waals surface area (Å²) in [6, 6.07) is 28.3. The van der Waals surface area contributed by atoms with E-state index in [-0.39, 0.29) is 90.2 Å². The van der Waals surface area contributed by atoms with Gasteiger partial charge in [-0.1, -0.05) is 27.7 Å². The lowest BCUT2D eigenvalue weighted by Gasteiger charge is -2.19. The van der Waals surface area contributed by atoms with E-state index in [2.05, 4.69) is 66.5 Å². The fraction of sp³-hybridized carbons (Fsp3) is 0.139. The van der Waals surface area contributed by atoms with Gasteiger partial charge in [-0.2, -0.15) is 38.5 Å². The van der Waals surface area contributed by atoms with Crippen molar-refractivity contribution in [1.82, 2.24) is 8.75 Å². The quantitative estimate of drug-likeness (QED) is 0.0748. The van der Waals surface area contributed by atoms with E-state index in [1.165, 1.54) is 121 Å². The first-order valence-electron chi connectivity index (χ1n) is 29.4. The average molecular weight is 1450 g/mol. The summed E-state index contributed by atoms with van der Waals surface area (Å²) in [6.07, 6.45) is 1.85. The van der Waals surface area contributed by atoms with Gasteiger partial charge in [0.05, 0.1) is 115 Å². The summed E-state index contributed by atoms with van der Waals surface area (Å²) in [7, 11) is 3.22. The highest BCUT2D eigenvalue weighted by Crippen LogP contribution is 2.66. The number of ether oxygens (including phenoxy) is 2. The molecule has 0 amide bonds. The first kappa shape index (κ1) is 61.1. The molecule has 17 rings (SSSR count). The van der Waals surface area contributed by atoms with Crippen LogP contribution in [0.15, 0.2) is 86.2 Å². The van der Waals surface area contributed by atoms with Crippen molar-refractivity contribution in [3.63, 3.8) is 0 Å². The predicted molar refractivity (Wildman–Crippen MR) is 393 cm³/mol. The van der Waals surface area contributed by atoms with Gasteiger partial charge < -0.3 is 9.47 Å². The van der Waals surface area contributed by atoms with Crippen LogP contribution in [-0.4, -0.2) is 34.5 Å². The number of methoxy groups -OCH3 is 2. The van der Waals surface area contributed by atoms with Crippen molar-refractivity contribution in [1.29, 1.82) is 26.3 Å². The number of nitriles is 5. The Bertz CT molecular complexity index is 6390. The molecule has 1 unspecified atom stereocenters. The average Bonchev–Trinajstić information content (AvgIpc) is 1.53. The largest absolute Gasteiger partial charge is 0.495 e. The fourth-order valence-electron chi connectivity index (χ4n) is 14.2. The molecule has 26 heteroatoms. The molecule has 5 aliphatic rings. The van der Waals surface area contributed by atoms with Crippen LogP contribution in [0, 0.1) is 82.3 Å². The number of hydrogen-bond acceptors (Lipinski definition) is 22. The molecule has 10 heterocycles. The predicted octanol–water partition coefficient (Wildman–Crippen LogP) is 21.6. The van der Waals surface area contributed by atoms with Crippen LogP contribution in [-0.2, 0) is 28.6 Å². The highest BCUT2D eigenvalue weighted by atomic mass is 32.1. The normalized spacial score (nSPS) is 16.1. The number of thiophene rings is 8. The molecule has 16 nitrogen and oxygen atoms in total. The van der Waals surface area contributed by atoms with Crippen LogP contribution in [0.3, 0.4) is 0 Å². The highest BCUT2D eigenvalue weighted by Gasteiger charge is 2.46. The maximum Gasteiger partial charge on any atom is 0.266 e. The molecule has 98 heavy (non-hydrogen) atoms. The third kappa shape index (κ3) is 8.41. The maximum atomic E-state index is 14.2. The van der Waals surface area contributed by atoms with Crippen LogP contribution >= 0.6 is 102 Å². The van der Waals surface area contributed by atoms with Crippen LogP contribution < -0.4 is 9.47 Å². The Balaban J connectivity index is 0.676. The SMILES string of the molecule is [C-]#[N+]/C(C#N)=C1\c2cc([N+]#[C-])c(C#N)cc2C(=O)C1Cc1cc(OC)c(-c2cc3c(s2)-c2sc4cc(-c5c6c(c(-c7cc8sc9c(c8s7)C(C)(C)c7cc(-c8sc(/C=C%10\C(=O)c%11cc([N+]#[C-])c(C#N)cc%11C%10=C(C#N)C#N)cc8OC)sc7-9)c7nsnc57)N=S=N6)sc4c2C3(C)C)s1. The fourth-order valence-corrected chi connectivity index (χ4v) is 26.7. The van der Waals surface area contributed by atoms with Gasteiger partial charge in [-0.05, 0) is 112 Å². The first-order chi connectivity index (χ1) is 47.4. The zero-order chi connectivity index (χ0) is 67.9. The zero-order valence-electron chi connectivity index (χ0n) is 51.2. The van der Waals surface area contributed by atoms with E-state index in [9.17, 15) is 35.9 Å². The molecule has 1 atom stereocenters. The smallest absolute Gasteiger partial charge is 0.266 e. The van der Waals surface area contributed by atoms with Crippen molar-refractivity contribution in [2.24, 2.45) is 14.6 Å². The zero-order valence-corrected chi connectivity index (χ0v) is 59.4. The number of aromatic nitrogens is 2. The molecule has 0 bridgehead atoms. The number of ketones is 2. The number of carbonyl (C=O) groups is 2. The van der Waals surface area contributed by atoms with Gasteiger partial charge >= 0.3 is 0 Å². The summed E-state index contributed by atoms with van der Waals surface area (Å²) >= 11 is 15.8. The summed E-state index contributed by atoms with van der Waals surface area (Å²) in [5.74, 6) is -0.363. The Morgan fingerprint density at radius 2 is 1.13 bits per heavy atom. The molecule has 9 aromatic heterocycles. The number of allylic oxidation sites excluding steroid dienone is 5. The summed E-state index contributed by atoms with van der Waals surface area (Å²) in [6.45, 7) is 32.2. The Labute approximate surface area is 596 Å². The van der Waals surface area contributed by atoms with Gasteiger partial charge in [0.25, 0.3) is 5.70 Å². The van der Waals surface area contributed by atoms with E-state index < -0.39 is 11.7 Å². The standard InChI is InChI=1S/C72H32N12O4S10/c1-71(2)38-18-47(65-43(87-8)14-30(89-65)12-36-51(29(24-75)25-76)32-10-27(22-73)41(79-6)17-35(32)62(36)86)93-63(38)69-55(71)67-49(95-69)20-45(91-67)53-57-59(83-97-81-57)54(60-58(53)82-98-84-60)46-21-50-68(92-46)56-70(96-50)64-39(72(56,3)4)19-48(94-64)66-44(88-9)15-31(90-66)13-37-52(42(26-77)80-7)33-16-40(78-5)28(23-74)11-34(33)61(37)85/h10-12,14-21,37H,13H2,1-4,8-9H3/b36-12-,52-42+. The van der Waals surface area contributed by atoms with Crippen molar-refractivity contribution >= 4 is 195 Å². The second-order valence-electron chi connectivity index (χ2n) is 24.3. The Kier molecular flexibility index (Phi) is 13.7. The molecule has 0 fully saturated rings. The Morgan fingerprint density at radius 1 is 0.592 bits per heavy atom. The Hall–Kier alpha value is -10.5. The van der Waals surface area contributed by atoms with Crippen LogP contribution in [0.5, 0.6) is 11.5 Å². The molecule has 3 aromatic carbocycles. The van der Waals surface area contributed by atoms with E-state index in [0.29, 0.717) is 21.9 Å². The van der Waals surface area contributed by atoms with Crippen LogP contribution in [0.2, 0.25) is 0 Å². The maximum absolute atomic E-state index is 14.2. The monoisotopic (exact) mass is 1450 g/mol. The summed E-state index contributed by atoms with van der Waals surface area (Å²) in [4.78, 5) is 50.9. The summed E-state index contributed by atoms with van der Waals surface area (Å²) in [5, 5.41) is 49.8. The number of Topliss-reactive ketones (excluding diaryl/α,β-unsaturated/α-hetero) is 2. The van der Waals surface area contributed by atoms with E-state index >= 15 is 0 Å². The third-order valence-electron chi connectivity index (χ3n) is 18.6. The minimum absolute atomic E-state index is 0.0149. The molecular formula is C72H32N12O4S10. The molecule has 4 aliphatic carbocycles. The number of benzene rings is 3. The number of nitrogens with zero attached hydrogens (tertiary/aromatic N) is 12. The highest BCUT2D eigenvalue weighted by molar-refractivity contribution is 7.58. The van der Waals surface area contributed by atoms with E-state index in [1.807, 2.05) is 42.5 Å².